The number of rotatable bonds is 3. The molecule has 2 N–H and O–H groups in total. The van der Waals surface area contributed by atoms with Crippen LogP contribution in [-0.2, 0) is 12.0 Å². The van der Waals surface area contributed by atoms with Crippen LogP contribution in [0.1, 0.15) is 23.6 Å². The summed E-state index contributed by atoms with van der Waals surface area (Å²) in [5.74, 6) is -0.520. The van der Waals surface area contributed by atoms with Crippen LogP contribution in [0.3, 0.4) is 0 Å². The molecule has 0 saturated carbocycles. The third kappa shape index (κ3) is 3.18. The van der Waals surface area contributed by atoms with E-state index in [0.717, 1.165) is 11.1 Å². The van der Waals surface area contributed by atoms with Crippen LogP contribution in [0.15, 0.2) is 42.5 Å². The molecule has 0 heterocycles. The van der Waals surface area contributed by atoms with Gasteiger partial charge in [0.2, 0.25) is 0 Å². The SMILES string of the molecule is Cc1cc(C(C)(N)Cc2cccc(F)c2)ccc1F. The molecule has 0 aliphatic heterocycles. The van der Waals surface area contributed by atoms with Gasteiger partial charge in [-0.05, 0) is 55.2 Å². The highest BCUT2D eigenvalue weighted by Gasteiger charge is 2.22. The van der Waals surface area contributed by atoms with Crippen LogP contribution < -0.4 is 5.73 Å². The Morgan fingerprint density at radius 3 is 2.47 bits per heavy atom. The quantitative estimate of drug-likeness (QED) is 0.896. The predicted molar refractivity (Wildman–Crippen MR) is 72.8 cm³/mol. The topological polar surface area (TPSA) is 26.0 Å². The van der Waals surface area contributed by atoms with E-state index in [1.807, 2.05) is 13.0 Å². The molecule has 0 aromatic heterocycles. The van der Waals surface area contributed by atoms with Crippen LogP contribution in [-0.4, -0.2) is 0 Å². The summed E-state index contributed by atoms with van der Waals surface area (Å²) in [6.07, 6.45) is 0.496. The summed E-state index contributed by atoms with van der Waals surface area (Å²) in [7, 11) is 0. The molecule has 1 nitrogen and oxygen atoms in total. The smallest absolute Gasteiger partial charge is 0.126 e. The van der Waals surface area contributed by atoms with Crippen molar-refractivity contribution < 1.29 is 8.78 Å². The molecule has 100 valence electrons. The maximum Gasteiger partial charge on any atom is 0.126 e. The maximum absolute atomic E-state index is 13.3. The van der Waals surface area contributed by atoms with Crippen LogP contribution >= 0.6 is 0 Å². The molecule has 0 aliphatic rings. The highest BCUT2D eigenvalue weighted by atomic mass is 19.1. The number of benzene rings is 2. The standard InChI is InChI=1S/C16H17F2N/c1-11-8-13(6-7-15(11)18)16(2,19)10-12-4-3-5-14(17)9-12/h3-9H,10,19H2,1-2H3. The Labute approximate surface area is 112 Å². The minimum absolute atomic E-state index is 0.245. The van der Waals surface area contributed by atoms with Crippen LogP contribution in [0.4, 0.5) is 8.78 Å². The van der Waals surface area contributed by atoms with Crippen LogP contribution in [0.5, 0.6) is 0 Å². The van der Waals surface area contributed by atoms with Crippen molar-refractivity contribution >= 4 is 0 Å². The minimum Gasteiger partial charge on any atom is -0.321 e. The lowest BCUT2D eigenvalue weighted by Gasteiger charge is -2.26. The second-order valence-corrected chi connectivity index (χ2v) is 5.19. The molecule has 1 unspecified atom stereocenters. The molecule has 0 bridgehead atoms. The molecule has 0 amide bonds. The number of nitrogens with two attached hydrogens (primary N) is 1. The van der Waals surface area contributed by atoms with Gasteiger partial charge < -0.3 is 5.73 Å². The molecule has 0 radical (unpaired) electrons. The van der Waals surface area contributed by atoms with Crippen molar-refractivity contribution in [2.45, 2.75) is 25.8 Å². The summed E-state index contributed by atoms with van der Waals surface area (Å²) in [6, 6.07) is 11.2. The largest absolute Gasteiger partial charge is 0.321 e. The van der Waals surface area contributed by atoms with Gasteiger partial charge in [-0.25, -0.2) is 8.78 Å². The second-order valence-electron chi connectivity index (χ2n) is 5.19. The molecule has 3 heteroatoms. The van der Waals surface area contributed by atoms with E-state index in [0.29, 0.717) is 12.0 Å². The van der Waals surface area contributed by atoms with E-state index in [9.17, 15) is 8.78 Å². The Hall–Kier alpha value is -1.74. The van der Waals surface area contributed by atoms with Gasteiger partial charge in [-0.1, -0.05) is 24.3 Å². The fourth-order valence-corrected chi connectivity index (χ4v) is 2.17. The van der Waals surface area contributed by atoms with E-state index in [2.05, 4.69) is 0 Å². The first-order valence-electron chi connectivity index (χ1n) is 6.18. The summed E-state index contributed by atoms with van der Waals surface area (Å²) in [4.78, 5) is 0. The van der Waals surface area contributed by atoms with E-state index >= 15 is 0 Å². The lowest BCUT2D eigenvalue weighted by atomic mass is 9.86. The van der Waals surface area contributed by atoms with E-state index in [4.69, 9.17) is 5.73 Å². The van der Waals surface area contributed by atoms with Gasteiger partial charge in [0.1, 0.15) is 11.6 Å². The summed E-state index contributed by atoms with van der Waals surface area (Å²) < 4.78 is 26.4. The van der Waals surface area contributed by atoms with Gasteiger partial charge in [-0.15, -0.1) is 0 Å². The Morgan fingerprint density at radius 1 is 1.11 bits per heavy atom. The van der Waals surface area contributed by atoms with E-state index in [-0.39, 0.29) is 11.6 Å². The normalized spacial score (nSPS) is 14.2. The molecule has 0 aliphatic carbocycles. The number of hydrogen-bond donors (Lipinski definition) is 1. The average molecular weight is 261 g/mol. The summed E-state index contributed by atoms with van der Waals surface area (Å²) in [5.41, 5.74) is 7.87. The van der Waals surface area contributed by atoms with Crippen molar-refractivity contribution in [1.82, 2.24) is 0 Å². The molecule has 2 aromatic rings. The zero-order chi connectivity index (χ0) is 14.0. The lowest BCUT2D eigenvalue weighted by molar-refractivity contribution is 0.487. The monoisotopic (exact) mass is 261 g/mol. The zero-order valence-corrected chi connectivity index (χ0v) is 11.1. The van der Waals surface area contributed by atoms with Gasteiger partial charge in [0.25, 0.3) is 0 Å². The van der Waals surface area contributed by atoms with Crippen molar-refractivity contribution in [1.29, 1.82) is 0 Å². The van der Waals surface area contributed by atoms with Crippen LogP contribution in [0.2, 0.25) is 0 Å². The van der Waals surface area contributed by atoms with Gasteiger partial charge in [-0.2, -0.15) is 0 Å². The van der Waals surface area contributed by atoms with Crippen molar-refractivity contribution in [3.63, 3.8) is 0 Å². The van der Waals surface area contributed by atoms with Gasteiger partial charge in [0.15, 0.2) is 0 Å². The highest BCUT2D eigenvalue weighted by Crippen LogP contribution is 2.24. The first kappa shape index (κ1) is 13.7. The Morgan fingerprint density at radius 2 is 1.84 bits per heavy atom. The molecule has 0 fully saturated rings. The van der Waals surface area contributed by atoms with Gasteiger partial charge in [0, 0.05) is 5.54 Å². The maximum atomic E-state index is 13.3. The Balaban J connectivity index is 2.29. The summed E-state index contributed by atoms with van der Waals surface area (Å²) >= 11 is 0. The molecule has 0 saturated heterocycles. The van der Waals surface area contributed by atoms with Crippen LogP contribution in [0, 0.1) is 18.6 Å². The zero-order valence-electron chi connectivity index (χ0n) is 11.1. The third-order valence-electron chi connectivity index (χ3n) is 3.28. The fraction of sp³-hybridized carbons (Fsp3) is 0.250. The Bertz CT molecular complexity index is 591. The van der Waals surface area contributed by atoms with Crippen molar-refractivity contribution in [3.05, 3.63) is 70.8 Å². The fourth-order valence-electron chi connectivity index (χ4n) is 2.17. The van der Waals surface area contributed by atoms with E-state index in [1.54, 1.807) is 25.1 Å². The predicted octanol–water partition coefficient (Wildman–Crippen LogP) is 3.69. The number of halogens is 2. The minimum atomic E-state index is -0.660. The molecule has 1 atom stereocenters. The first-order valence-corrected chi connectivity index (χ1v) is 6.18. The highest BCUT2D eigenvalue weighted by molar-refractivity contribution is 5.31. The summed E-state index contributed by atoms with van der Waals surface area (Å²) in [5, 5.41) is 0. The molecular formula is C16H17F2N. The van der Waals surface area contributed by atoms with E-state index in [1.165, 1.54) is 18.2 Å². The molecule has 19 heavy (non-hydrogen) atoms. The molecule has 0 spiro atoms. The summed E-state index contributed by atoms with van der Waals surface area (Å²) in [6.45, 7) is 3.57. The average Bonchev–Trinajstić information content (AvgIpc) is 2.32. The Kier molecular flexibility index (Phi) is 3.67. The van der Waals surface area contributed by atoms with Gasteiger partial charge in [0.05, 0.1) is 0 Å². The molecule has 2 rings (SSSR count). The molecule has 2 aromatic carbocycles. The third-order valence-corrected chi connectivity index (χ3v) is 3.28. The van der Waals surface area contributed by atoms with Crippen molar-refractivity contribution in [2.75, 3.05) is 0 Å². The van der Waals surface area contributed by atoms with Crippen molar-refractivity contribution in [3.8, 4) is 0 Å². The lowest BCUT2D eigenvalue weighted by Crippen LogP contribution is -2.35. The first-order chi connectivity index (χ1) is 8.88. The van der Waals surface area contributed by atoms with Gasteiger partial charge >= 0.3 is 0 Å². The number of aryl methyl sites for hydroxylation is 1. The van der Waals surface area contributed by atoms with Gasteiger partial charge in [-0.3, -0.25) is 0 Å². The second kappa shape index (κ2) is 5.10. The molecular weight excluding hydrogens is 244 g/mol. The van der Waals surface area contributed by atoms with Crippen LogP contribution in [0.25, 0.3) is 0 Å². The van der Waals surface area contributed by atoms with Crippen molar-refractivity contribution in [2.24, 2.45) is 5.73 Å². The number of hydrogen-bond acceptors (Lipinski definition) is 1. The van der Waals surface area contributed by atoms with E-state index < -0.39 is 5.54 Å².